The molecular formula is C26H27N5O3. The predicted molar refractivity (Wildman–Crippen MR) is 131 cm³/mol. The molecule has 2 heterocycles. The van der Waals surface area contributed by atoms with E-state index in [2.05, 4.69) is 22.0 Å². The second-order valence-electron chi connectivity index (χ2n) is 8.09. The van der Waals surface area contributed by atoms with Gasteiger partial charge in [-0.15, -0.1) is 11.7 Å². The zero-order chi connectivity index (χ0) is 24.2. The Labute approximate surface area is 197 Å². The van der Waals surface area contributed by atoms with Crippen LogP contribution in [0.15, 0.2) is 66.0 Å². The van der Waals surface area contributed by atoms with Crippen LogP contribution in [-0.2, 0) is 24.3 Å². The number of hydrogen-bond acceptors (Lipinski definition) is 5. The molecule has 4 aromatic rings. The molecule has 0 spiro atoms. The van der Waals surface area contributed by atoms with Crippen LogP contribution in [0.3, 0.4) is 0 Å². The van der Waals surface area contributed by atoms with E-state index in [1.165, 1.54) is 4.52 Å². The number of rotatable bonds is 8. The predicted octanol–water partition coefficient (Wildman–Crippen LogP) is 3.23. The first-order valence-corrected chi connectivity index (χ1v) is 11.0. The molecule has 0 bridgehead atoms. The van der Waals surface area contributed by atoms with Crippen molar-refractivity contribution in [3.8, 4) is 17.1 Å². The van der Waals surface area contributed by atoms with Gasteiger partial charge in [-0.25, -0.2) is 0 Å². The van der Waals surface area contributed by atoms with Crippen LogP contribution in [-0.4, -0.2) is 32.2 Å². The van der Waals surface area contributed by atoms with Gasteiger partial charge in [0.05, 0.1) is 13.5 Å². The number of aryl methyl sites for hydroxylation is 1. The average Bonchev–Trinajstić information content (AvgIpc) is 3.29. The van der Waals surface area contributed by atoms with Crippen molar-refractivity contribution in [1.82, 2.24) is 24.5 Å². The molecule has 174 valence electrons. The molecule has 0 saturated heterocycles. The fourth-order valence-corrected chi connectivity index (χ4v) is 3.79. The van der Waals surface area contributed by atoms with Crippen molar-refractivity contribution in [3.05, 3.63) is 93.9 Å². The highest BCUT2D eigenvalue weighted by molar-refractivity contribution is 5.78. The summed E-state index contributed by atoms with van der Waals surface area (Å²) in [5.41, 5.74) is 3.53. The smallest absolute Gasteiger partial charge is 0.279 e. The number of aromatic nitrogens is 4. The summed E-state index contributed by atoms with van der Waals surface area (Å²) in [6.45, 7) is 8.40. The van der Waals surface area contributed by atoms with E-state index in [9.17, 15) is 9.59 Å². The molecule has 0 fully saturated rings. The van der Waals surface area contributed by atoms with E-state index in [4.69, 9.17) is 4.74 Å². The number of nitrogens with zero attached hydrogens (tertiary/aromatic N) is 4. The van der Waals surface area contributed by atoms with Crippen LogP contribution in [0.2, 0.25) is 0 Å². The lowest BCUT2D eigenvalue weighted by atomic mass is 10.1. The maximum absolute atomic E-state index is 13.3. The largest absolute Gasteiger partial charge is 0.497 e. The molecule has 34 heavy (non-hydrogen) atoms. The Morgan fingerprint density at radius 3 is 2.65 bits per heavy atom. The van der Waals surface area contributed by atoms with E-state index in [-0.39, 0.29) is 17.9 Å². The van der Waals surface area contributed by atoms with Gasteiger partial charge in [-0.1, -0.05) is 48.0 Å². The highest BCUT2D eigenvalue weighted by Crippen LogP contribution is 2.18. The fourth-order valence-electron chi connectivity index (χ4n) is 3.79. The zero-order valence-electron chi connectivity index (χ0n) is 19.5. The number of methoxy groups -OCH3 is 1. The number of fused-ring (bicyclic) bond motifs is 1. The first-order valence-electron chi connectivity index (χ1n) is 11.0. The Morgan fingerprint density at radius 1 is 1.18 bits per heavy atom. The molecule has 0 atom stereocenters. The molecule has 2 aromatic carbocycles. The monoisotopic (exact) mass is 457 g/mol. The summed E-state index contributed by atoms with van der Waals surface area (Å²) in [6.07, 6.45) is 1.66. The van der Waals surface area contributed by atoms with Crippen LogP contribution in [0, 0.1) is 13.8 Å². The molecule has 0 aliphatic heterocycles. The molecule has 0 radical (unpaired) electrons. The third-order valence-electron chi connectivity index (χ3n) is 5.71. The van der Waals surface area contributed by atoms with E-state index < -0.39 is 0 Å². The van der Waals surface area contributed by atoms with Crippen LogP contribution in [0.1, 0.15) is 22.4 Å². The van der Waals surface area contributed by atoms with E-state index >= 15 is 0 Å². The molecular weight excluding hydrogens is 430 g/mol. The van der Waals surface area contributed by atoms with Gasteiger partial charge < -0.3 is 14.6 Å². The topological polar surface area (TPSA) is 90.5 Å². The summed E-state index contributed by atoms with van der Waals surface area (Å²) in [5, 5.41) is 7.35. The third kappa shape index (κ3) is 4.61. The first kappa shape index (κ1) is 23.0. The van der Waals surface area contributed by atoms with Gasteiger partial charge in [-0.05, 0) is 31.5 Å². The number of amides is 1. The van der Waals surface area contributed by atoms with Crippen LogP contribution in [0.25, 0.3) is 17.2 Å². The van der Waals surface area contributed by atoms with E-state index in [0.717, 1.165) is 22.4 Å². The Bertz CT molecular complexity index is 1420. The SMILES string of the molecule is C=CCn1c(C)c(CC(=O)NCc2cccc(OC)c2)c(=O)n2nc(-c3ccc(C)cc3)nc12. The molecule has 0 saturated carbocycles. The number of carbonyl (C=O) groups excluding carboxylic acids is 1. The Balaban J connectivity index is 1.66. The standard InChI is InChI=1S/C26H27N5O3/c1-5-13-30-18(3)22(15-23(32)27-16-19-7-6-8-21(14-19)34-4)25(33)31-26(30)28-24(29-31)20-11-9-17(2)10-12-20/h5-12,14H,1,13,15-16H2,2-4H3,(H,27,32). The summed E-state index contributed by atoms with van der Waals surface area (Å²) < 4.78 is 8.35. The summed E-state index contributed by atoms with van der Waals surface area (Å²) in [5.74, 6) is 1.33. The van der Waals surface area contributed by atoms with E-state index in [1.54, 1.807) is 13.2 Å². The van der Waals surface area contributed by atoms with Crippen molar-refractivity contribution in [1.29, 1.82) is 0 Å². The van der Waals surface area contributed by atoms with Gasteiger partial charge in [0.25, 0.3) is 5.56 Å². The van der Waals surface area contributed by atoms with Crippen molar-refractivity contribution in [2.45, 2.75) is 33.4 Å². The quantitative estimate of drug-likeness (QED) is 0.410. The van der Waals surface area contributed by atoms with Gasteiger partial charge in [-0.2, -0.15) is 9.50 Å². The number of ether oxygens (including phenoxy) is 1. The molecule has 8 nitrogen and oxygen atoms in total. The van der Waals surface area contributed by atoms with Gasteiger partial charge >= 0.3 is 0 Å². The van der Waals surface area contributed by atoms with Gasteiger partial charge in [0.15, 0.2) is 5.82 Å². The van der Waals surface area contributed by atoms with Gasteiger partial charge in [-0.3, -0.25) is 9.59 Å². The van der Waals surface area contributed by atoms with Crippen molar-refractivity contribution >= 4 is 11.7 Å². The van der Waals surface area contributed by atoms with Gasteiger partial charge in [0.1, 0.15) is 5.75 Å². The van der Waals surface area contributed by atoms with Gasteiger partial charge in [0, 0.05) is 29.9 Å². The van der Waals surface area contributed by atoms with Crippen LogP contribution < -0.4 is 15.6 Å². The minimum atomic E-state index is -0.352. The third-order valence-corrected chi connectivity index (χ3v) is 5.71. The first-order chi connectivity index (χ1) is 16.4. The molecule has 2 aromatic heterocycles. The summed E-state index contributed by atoms with van der Waals surface area (Å²) in [4.78, 5) is 30.7. The summed E-state index contributed by atoms with van der Waals surface area (Å²) >= 11 is 0. The second-order valence-corrected chi connectivity index (χ2v) is 8.09. The van der Waals surface area contributed by atoms with Crippen LogP contribution in [0.4, 0.5) is 0 Å². The minimum Gasteiger partial charge on any atom is -0.497 e. The highest BCUT2D eigenvalue weighted by Gasteiger charge is 2.20. The van der Waals surface area contributed by atoms with E-state index in [0.29, 0.717) is 35.9 Å². The Morgan fingerprint density at radius 2 is 1.94 bits per heavy atom. The molecule has 0 aliphatic carbocycles. The Hall–Kier alpha value is -4.20. The van der Waals surface area contributed by atoms with Crippen molar-refractivity contribution < 1.29 is 9.53 Å². The molecule has 4 rings (SSSR count). The molecule has 0 unspecified atom stereocenters. The molecule has 1 amide bonds. The zero-order valence-corrected chi connectivity index (χ0v) is 19.5. The number of nitrogens with one attached hydrogen (secondary N) is 1. The number of allylic oxidation sites excluding steroid dienone is 1. The minimum absolute atomic E-state index is 0.0680. The highest BCUT2D eigenvalue weighted by atomic mass is 16.5. The van der Waals surface area contributed by atoms with Crippen molar-refractivity contribution in [2.24, 2.45) is 0 Å². The lowest BCUT2D eigenvalue weighted by Crippen LogP contribution is -2.32. The van der Waals surface area contributed by atoms with Crippen LogP contribution in [0.5, 0.6) is 5.75 Å². The maximum atomic E-state index is 13.3. The summed E-state index contributed by atoms with van der Waals surface area (Å²) in [7, 11) is 1.60. The van der Waals surface area contributed by atoms with Crippen molar-refractivity contribution in [3.63, 3.8) is 0 Å². The average molecular weight is 458 g/mol. The Kier molecular flexibility index (Phi) is 6.58. The number of hydrogen-bond donors (Lipinski definition) is 1. The summed E-state index contributed by atoms with van der Waals surface area (Å²) in [6, 6.07) is 15.3. The lowest BCUT2D eigenvalue weighted by molar-refractivity contribution is -0.120. The fraction of sp³-hybridized carbons (Fsp3) is 0.231. The van der Waals surface area contributed by atoms with Crippen LogP contribution >= 0.6 is 0 Å². The van der Waals surface area contributed by atoms with Gasteiger partial charge in [0.2, 0.25) is 11.7 Å². The lowest BCUT2D eigenvalue weighted by Gasteiger charge is -2.14. The molecule has 1 N–H and O–H groups in total. The van der Waals surface area contributed by atoms with Crippen molar-refractivity contribution in [2.75, 3.05) is 7.11 Å². The number of carbonyl (C=O) groups is 1. The number of benzene rings is 2. The molecule has 8 heteroatoms. The molecule has 0 aliphatic rings. The maximum Gasteiger partial charge on any atom is 0.279 e. The second kappa shape index (κ2) is 9.74. The van der Waals surface area contributed by atoms with E-state index in [1.807, 2.05) is 66.9 Å². The normalized spacial score (nSPS) is 10.9.